The molecule has 18 heavy (non-hydrogen) atoms. The number of benzene rings is 1. The second kappa shape index (κ2) is 3.35. The van der Waals surface area contributed by atoms with Crippen LogP contribution in [0.15, 0.2) is 29.6 Å². The maximum absolute atomic E-state index is 6.21. The maximum atomic E-state index is 6.21. The van der Waals surface area contributed by atoms with Gasteiger partial charge in [-0.05, 0) is 25.3 Å². The predicted molar refractivity (Wildman–Crippen MR) is 75.0 cm³/mol. The highest BCUT2D eigenvalue weighted by Crippen LogP contribution is 2.66. The molecule has 4 heteroatoms. The van der Waals surface area contributed by atoms with Crippen LogP contribution in [0.25, 0.3) is 11.3 Å². The fourth-order valence-corrected chi connectivity index (χ4v) is 4.66. The Balaban J connectivity index is 1.69. The van der Waals surface area contributed by atoms with E-state index in [0.717, 1.165) is 35.5 Å². The summed E-state index contributed by atoms with van der Waals surface area (Å²) in [7, 11) is 0. The molecule has 0 atom stereocenters. The first-order chi connectivity index (χ1) is 8.60. The Hall–Kier alpha value is -0.900. The van der Waals surface area contributed by atoms with E-state index in [1.54, 1.807) is 11.3 Å². The molecule has 3 aliphatic rings. The molecule has 2 aromatic rings. The Morgan fingerprint density at radius 3 is 2.61 bits per heavy atom. The summed E-state index contributed by atoms with van der Waals surface area (Å²) in [5.41, 5.74) is 8.57. The molecule has 1 aromatic carbocycles. The average molecular weight is 277 g/mol. The Kier molecular flexibility index (Phi) is 2.04. The number of nitrogens with two attached hydrogens (primary N) is 1. The first-order valence-corrected chi connectivity index (χ1v) is 7.36. The molecule has 3 saturated carbocycles. The summed E-state index contributed by atoms with van der Waals surface area (Å²) in [6.07, 6.45) is 3.32. The van der Waals surface area contributed by atoms with E-state index in [0.29, 0.717) is 5.41 Å². The molecule has 92 valence electrons. The van der Waals surface area contributed by atoms with E-state index in [4.69, 9.17) is 22.3 Å². The van der Waals surface area contributed by atoms with Gasteiger partial charge in [0, 0.05) is 26.9 Å². The molecular weight excluding hydrogens is 264 g/mol. The summed E-state index contributed by atoms with van der Waals surface area (Å²) in [6, 6.07) is 7.87. The van der Waals surface area contributed by atoms with Gasteiger partial charge >= 0.3 is 0 Å². The number of hydrogen-bond acceptors (Lipinski definition) is 3. The van der Waals surface area contributed by atoms with Crippen LogP contribution in [0.4, 0.5) is 0 Å². The van der Waals surface area contributed by atoms with Gasteiger partial charge < -0.3 is 5.73 Å². The van der Waals surface area contributed by atoms with Crippen LogP contribution in [-0.4, -0.2) is 10.5 Å². The van der Waals surface area contributed by atoms with Crippen molar-refractivity contribution in [3.63, 3.8) is 0 Å². The highest BCUT2D eigenvalue weighted by atomic mass is 35.5. The van der Waals surface area contributed by atoms with Crippen LogP contribution in [0.1, 0.15) is 24.3 Å². The highest BCUT2D eigenvalue weighted by molar-refractivity contribution is 7.10. The quantitative estimate of drug-likeness (QED) is 0.910. The van der Waals surface area contributed by atoms with E-state index in [9.17, 15) is 0 Å². The monoisotopic (exact) mass is 276 g/mol. The molecule has 0 unspecified atom stereocenters. The van der Waals surface area contributed by atoms with Crippen molar-refractivity contribution in [1.82, 2.24) is 4.98 Å². The molecule has 0 amide bonds. The number of halogens is 1. The molecule has 1 heterocycles. The fraction of sp³-hybridized carbons (Fsp3) is 0.357. The van der Waals surface area contributed by atoms with Gasteiger partial charge in [-0.15, -0.1) is 11.3 Å². The minimum absolute atomic E-state index is 0.135. The summed E-state index contributed by atoms with van der Waals surface area (Å²) >= 11 is 7.95. The molecule has 2 nitrogen and oxygen atoms in total. The van der Waals surface area contributed by atoms with Gasteiger partial charge in [0.15, 0.2) is 0 Å². The Bertz CT molecular complexity index is 614. The van der Waals surface area contributed by atoms with Gasteiger partial charge in [0.1, 0.15) is 0 Å². The number of hydrogen-bond donors (Lipinski definition) is 1. The highest BCUT2D eigenvalue weighted by Gasteiger charge is 2.67. The minimum Gasteiger partial charge on any atom is -0.325 e. The summed E-state index contributed by atoms with van der Waals surface area (Å²) in [4.78, 5) is 4.78. The van der Waals surface area contributed by atoms with E-state index in [2.05, 4.69) is 5.38 Å². The van der Waals surface area contributed by atoms with Gasteiger partial charge in [-0.3, -0.25) is 0 Å². The molecule has 5 rings (SSSR count). The third-order valence-corrected chi connectivity index (χ3v) is 5.60. The van der Waals surface area contributed by atoms with Gasteiger partial charge in [-0.25, -0.2) is 4.98 Å². The molecule has 0 saturated heterocycles. The summed E-state index contributed by atoms with van der Waals surface area (Å²) in [5, 5.41) is 4.12. The molecule has 1 aromatic heterocycles. The van der Waals surface area contributed by atoms with Crippen molar-refractivity contribution in [2.75, 3.05) is 0 Å². The van der Waals surface area contributed by atoms with E-state index < -0.39 is 0 Å². The van der Waals surface area contributed by atoms with E-state index in [1.807, 2.05) is 24.3 Å². The van der Waals surface area contributed by atoms with Crippen LogP contribution >= 0.6 is 22.9 Å². The lowest BCUT2D eigenvalue weighted by Crippen LogP contribution is -2.74. The van der Waals surface area contributed by atoms with Crippen LogP contribution < -0.4 is 5.73 Å². The number of thiazole rings is 1. The molecular formula is C14H13ClN2S. The Morgan fingerprint density at radius 2 is 1.94 bits per heavy atom. The van der Waals surface area contributed by atoms with Gasteiger partial charge in [-0.1, -0.05) is 29.8 Å². The third kappa shape index (κ3) is 1.35. The van der Waals surface area contributed by atoms with Crippen LogP contribution in [0.5, 0.6) is 0 Å². The third-order valence-electron chi connectivity index (χ3n) is 4.18. The zero-order chi connectivity index (χ0) is 12.4. The van der Waals surface area contributed by atoms with Crippen molar-refractivity contribution in [2.24, 2.45) is 5.73 Å². The lowest BCUT2D eigenvalue weighted by atomic mass is 9.40. The van der Waals surface area contributed by atoms with E-state index in [1.165, 1.54) is 5.01 Å². The largest absolute Gasteiger partial charge is 0.325 e. The zero-order valence-electron chi connectivity index (χ0n) is 9.82. The fourth-order valence-electron chi connectivity index (χ4n) is 3.40. The van der Waals surface area contributed by atoms with Crippen LogP contribution in [0.2, 0.25) is 5.02 Å². The van der Waals surface area contributed by atoms with E-state index in [-0.39, 0.29) is 5.54 Å². The van der Waals surface area contributed by atoms with Crippen molar-refractivity contribution >= 4 is 22.9 Å². The standard InChI is InChI=1S/C14H13ClN2S/c15-10-4-2-1-3-9(10)11-5-18-12(17-11)13-6-14(16,7-13)8-13/h1-5H,6-8,16H2. The van der Waals surface area contributed by atoms with E-state index >= 15 is 0 Å². The zero-order valence-corrected chi connectivity index (χ0v) is 11.4. The number of nitrogens with zero attached hydrogens (tertiary/aromatic N) is 1. The lowest BCUT2D eigenvalue weighted by molar-refractivity contribution is -0.0590. The van der Waals surface area contributed by atoms with Gasteiger partial charge in [0.2, 0.25) is 0 Å². The smallest absolute Gasteiger partial charge is 0.0996 e. The summed E-state index contributed by atoms with van der Waals surface area (Å²) in [5.74, 6) is 0. The summed E-state index contributed by atoms with van der Waals surface area (Å²) in [6.45, 7) is 0. The first kappa shape index (κ1) is 11.0. The molecule has 3 aliphatic carbocycles. The van der Waals surface area contributed by atoms with Crippen molar-refractivity contribution in [2.45, 2.75) is 30.2 Å². The van der Waals surface area contributed by atoms with Crippen molar-refractivity contribution in [3.8, 4) is 11.3 Å². The van der Waals surface area contributed by atoms with Crippen LogP contribution in [-0.2, 0) is 5.41 Å². The molecule has 2 bridgehead atoms. The average Bonchev–Trinajstić information content (AvgIpc) is 2.73. The van der Waals surface area contributed by atoms with Gasteiger partial charge in [0.25, 0.3) is 0 Å². The molecule has 0 radical (unpaired) electrons. The van der Waals surface area contributed by atoms with Gasteiger partial charge in [0.05, 0.1) is 10.7 Å². The maximum Gasteiger partial charge on any atom is 0.0996 e. The number of rotatable bonds is 2. The molecule has 2 N–H and O–H groups in total. The van der Waals surface area contributed by atoms with Gasteiger partial charge in [-0.2, -0.15) is 0 Å². The SMILES string of the molecule is NC12CC(c3nc(-c4ccccc4Cl)cs3)(C1)C2. The minimum atomic E-state index is 0.135. The van der Waals surface area contributed by atoms with Crippen molar-refractivity contribution in [1.29, 1.82) is 0 Å². The topological polar surface area (TPSA) is 38.9 Å². The lowest BCUT2D eigenvalue weighted by Gasteiger charge is -2.68. The second-order valence-electron chi connectivity index (χ2n) is 5.69. The first-order valence-electron chi connectivity index (χ1n) is 6.10. The predicted octanol–water partition coefficient (Wildman–Crippen LogP) is 3.60. The van der Waals surface area contributed by atoms with Crippen LogP contribution in [0, 0.1) is 0 Å². The normalized spacial score (nSPS) is 32.8. The summed E-state index contributed by atoms with van der Waals surface area (Å²) < 4.78 is 0. The molecule has 0 aliphatic heterocycles. The van der Waals surface area contributed by atoms with Crippen molar-refractivity contribution in [3.05, 3.63) is 39.7 Å². The van der Waals surface area contributed by atoms with Crippen LogP contribution in [0.3, 0.4) is 0 Å². The number of aromatic nitrogens is 1. The second-order valence-corrected chi connectivity index (χ2v) is 6.96. The molecule has 0 spiro atoms. The van der Waals surface area contributed by atoms with Crippen molar-refractivity contribution < 1.29 is 0 Å². The Morgan fingerprint density at radius 1 is 1.22 bits per heavy atom. The Labute approximate surface area is 115 Å². The molecule has 3 fully saturated rings.